The third-order valence-electron chi connectivity index (χ3n) is 4.04. The Hall–Kier alpha value is -1.64. The van der Waals surface area contributed by atoms with Crippen LogP contribution < -0.4 is 0 Å². The number of likely N-dealkylation sites (N-methyl/N-ethyl adjacent to an activating group) is 1. The van der Waals surface area contributed by atoms with E-state index in [4.69, 9.17) is 4.74 Å². The Morgan fingerprint density at radius 2 is 1.70 bits per heavy atom. The summed E-state index contributed by atoms with van der Waals surface area (Å²) in [5.41, 5.74) is 4.08. The van der Waals surface area contributed by atoms with Crippen molar-refractivity contribution in [2.45, 2.75) is 25.6 Å². The average Bonchev–Trinajstić information content (AvgIpc) is 2.47. The van der Waals surface area contributed by atoms with Crippen LogP contribution in [0.5, 0.6) is 0 Å². The van der Waals surface area contributed by atoms with E-state index < -0.39 is 0 Å². The standard InChI is InChI=1S/C18H21NO/c1-19-12-16-9-5-6-10-17(16)13-20-14-18(19)11-15-7-3-2-4-8-15/h2-10,18H,11-14H2,1H3. The van der Waals surface area contributed by atoms with Gasteiger partial charge in [-0.15, -0.1) is 0 Å². The summed E-state index contributed by atoms with van der Waals surface area (Å²) in [5, 5.41) is 0. The van der Waals surface area contributed by atoms with E-state index in [1.54, 1.807) is 0 Å². The van der Waals surface area contributed by atoms with Crippen molar-refractivity contribution in [1.82, 2.24) is 4.90 Å². The predicted molar refractivity (Wildman–Crippen MR) is 81.5 cm³/mol. The number of nitrogens with zero attached hydrogens (tertiary/aromatic N) is 1. The third-order valence-corrected chi connectivity index (χ3v) is 4.04. The van der Waals surface area contributed by atoms with Gasteiger partial charge in [-0.25, -0.2) is 0 Å². The number of rotatable bonds is 2. The van der Waals surface area contributed by atoms with Gasteiger partial charge in [0.25, 0.3) is 0 Å². The van der Waals surface area contributed by atoms with Gasteiger partial charge in [0.2, 0.25) is 0 Å². The summed E-state index contributed by atoms with van der Waals surface area (Å²) in [7, 11) is 2.19. The van der Waals surface area contributed by atoms with Crippen LogP contribution in [0.1, 0.15) is 16.7 Å². The van der Waals surface area contributed by atoms with E-state index in [0.29, 0.717) is 6.04 Å². The molecule has 0 radical (unpaired) electrons. The predicted octanol–water partition coefficient (Wildman–Crippen LogP) is 3.26. The Bertz CT molecular complexity index is 552. The Labute approximate surface area is 121 Å². The van der Waals surface area contributed by atoms with Gasteiger partial charge in [-0.3, -0.25) is 4.90 Å². The van der Waals surface area contributed by atoms with Crippen molar-refractivity contribution >= 4 is 0 Å². The van der Waals surface area contributed by atoms with Gasteiger partial charge >= 0.3 is 0 Å². The van der Waals surface area contributed by atoms with Crippen LogP contribution in [-0.2, 0) is 24.3 Å². The van der Waals surface area contributed by atoms with E-state index in [1.165, 1.54) is 16.7 Å². The highest BCUT2D eigenvalue weighted by Gasteiger charge is 2.19. The normalized spacial score (nSPS) is 19.9. The van der Waals surface area contributed by atoms with Crippen LogP contribution in [0, 0.1) is 0 Å². The lowest BCUT2D eigenvalue weighted by Crippen LogP contribution is -2.38. The molecule has 2 aromatic rings. The van der Waals surface area contributed by atoms with E-state index in [0.717, 1.165) is 26.2 Å². The Morgan fingerprint density at radius 3 is 2.50 bits per heavy atom. The molecule has 0 bridgehead atoms. The van der Waals surface area contributed by atoms with Crippen molar-refractivity contribution in [2.75, 3.05) is 13.7 Å². The molecule has 0 aromatic heterocycles. The second kappa shape index (κ2) is 6.21. The maximum Gasteiger partial charge on any atom is 0.0720 e. The molecular formula is C18H21NO. The highest BCUT2D eigenvalue weighted by Crippen LogP contribution is 2.19. The van der Waals surface area contributed by atoms with Gasteiger partial charge in [-0.1, -0.05) is 54.6 Å². The first-order valence-corrected chi connectivity index (χ1v) is 7.21. The first-order valence-electron chi connectivity index (χ1n) is 7.21. The van der Waals surface area contributed by atoms with Gasteiger partial charge in [0.1, 0.15) is 0 Å². The summed E-state index contributed by atoms with van der Waals surface area (Å²) in [5.74, 6) is 0. The summed E-state index contributed by atoms with van der Waals surface area (Å²) in [6.45, 7) is 2.52. The molecule has 0 spiro atoms. The molecule has 1 aliphatic rings. The minimum Gasteiger partial charge on any atom is -0.375 e. The second-order valence-electron chi connectivity index (χ2n) is 5.54. The maximum atomic E-state index is 5.91. The van der Waals surface area contributed by atoms with Crippen LogP contribution in [0.4, 0.5) is 0 Å². The summed E-state index contributed by atoms with van der Waals surface area (Å²) < 4.78 is 5.91. The van der Waals surface area contributed by atoms with Gasteiger partial charge in [-0.05, 0) is 30.2 Å². The number of hydrogen-bond donors (Lipinski definition) is 0. The van der Waals surface area contributed by atoms with Gasteiger partial charge in [0.05, 0.1) is 13.2 Å². The Kier molecular flexibility index (Phi) is 4.14. The van der Waals surface area contributed by atoms with Gasteiger partial charge in [0.15, 0.2) is 0 Å². The summed E-state index contributed by atoms with van der Waals surface area (Å²) >= 11 is 0. The Morgan fingerprint density at radius 1 is 1.00 bits per heavy atom. The lowest BCUT2D eigenvalue weighted by atomic mass is 10.0. The SMILES string of the molecule is CN1Cc2ccccc2COCC1Cc1ccccc1. The first-order chi connectivity index (χ1) is 9.83. The fraction of sp³-hybridized carbons (Fsp3) is 0.333. The second-order valence-corrected chi connectivity index (χ2v) is 5.54. The lowest BCUT2D eigenvalue weighted by Gasteiger charge is -2.31. The monoisotopic (exact) mass is 267 g/mol. The lowest BCUT2D eigenvalue weighted by molar-refractivity contribution is 0.0484. The Balaban J connectivity index is 1.75. The molecule has 0 saturated carbocycles. The number of ether oxygens (including phenoxy) is 1. The minimum absolute atomic E-state index is 0.436. The molecule has 0 saturated heterocycles. The fourth-order valence-electron chi connectivity index (χ4n) is 2.78. The molecule has 1 unspecified atom stereocenters. The van der Waals surface area contributed by atoms with Crippen LogP contribution in [0.2, 0.25) is 0 Å². The molecule has 3 rings (SSSR count). The molecule has 20 heavy (non-hydrogen) atoms. The van der Waals surface area contributed by atoms with E-state index in [2.05, 4.69) is 66.5 Å². The molecule has 104 valence electrons. The summed E-state index contributed by atoms with van der Waals surface area (Å²) in [6.07, 6.45) is 1.04. The highest BCUT2D eigenvalue weighted by molar-refractivity contribution is 5.27. The molecule has 0 N–H and O–H groups in total. The van der Waals surface area contributed by atoms with Gasteiger partial charge in [-0.2, -0.15) is 0 Å². The van der Waals surface area contributed by atoms with Crippen molar-refractivity contribution in [3.05, 3.63) is 71.3 Å². The molecule has 2 aromatic carbocycles. The van der Waals surface area contributed by atoms with Crippen molar-refractivity contribution < 1.29 is 4.74 Å². The van der Waals surface area contributed by atoms with Crippen molar-refractivity contribution in [2.24, 2.45) is 0 Å². The molecule has 1 heterocycles. The number of hydrogen-bond acceptors (Lipinski definition) is 2. The van der Waals surface area contributed by atoms with Crippen molar-refractivity contribution in [3.8, 4) is 0 Å². The van der Waals surface area contributed by atoms with E-state index in [-0.39, 0.29) is 0 Å². The van der Waals surface area contributed by atoms with E-state index in [1.807, 2.05) is 0 Å². The fourth-order valence-corrected chi connectivity index (χ4v) is 2.78. The van der Waals surface area contributed by atoms with Crippen LogP contribution in [0.15, 0.2) is 54.6 Å². The van der Waals surface area contributed by atoms with E-state index >= 15 is 0 Å². The van der Waals surface area contributed by atoms with E-state index in [9.17, 15) is 0 Å². The molecular weight excluding hydrogens is 246 g/mol. The molecule has 0 amide bonds. The molecule has 2 heteroatoms. The van der Waals surface area contributed by atoms with Gasteiger partial charge < -0.3 is 4.74 Å². The molecule has 0 fully saturated rings. The van der Waals surface area contributed by atoms with Crippen LogP contribution in [0.3, 0.4) is 0 Å². The summed E-state index contributed by atoms with van der Waals surface area (Å²) in [4.78, 5) is 2.41. The molecule has 1 aliphatic heterocycles. The average molecular weight is 267 g/mol. The van der Waals surface area contributed by atoms with Gasteiger partial charge in [0, 0.05) is 12.6 Å². The first kappa shape index (κ1) is 13.3. The van der Waals surface area contributed by atoms with Crippen LogP contribution in [-0.4, -0.2) is 24.6 Å². The van der Waals surface area contributed by atoms with Crippen LogP contribution in [0.25, 0.3) is 0 Å². The third kappa shape index (κ3) is 3.09. The number of fused-ring (bicyclic) bond motifs is 1. The zero-order valence-corrected chi connectivity index (χ0v) is 12.0. The summed E-state index contributed by atoms with van der Waals surface area (Å²) in [6, 6.07) is 19.7. The van der Waals surface area contributed by atoms with Crippen molar-refractivity contribution in [3.63, 3.8) is 0 Å². The number of benzene rings is 2. The van der Waals surface area contributed by atoms with Crippen LogP contribution >= 0.6 is 0 Å². The van der Waals surface area contributed by atoms with Crippen molar-refractivity contribution in [1.29, 1.82) is 0 Å². The molecule has 1 atom stereocenters. The zero-order chi connectivity index (χ0) is 13.8. The topological polar surface area (TPSA) is 12.5 Å². The smallest absolute Gasteiger partial charge is 0.0720 e. The quantitative estimate of drug-likeness (QED) is 0.828. The maximum absolute atomic E-state index is 5.91. The minimum atomic E-state index is 0.436. The molecule has 0 aliphatic carbocycles. The largest absolute Gasteiger partial charge is 0.375 e. The zero-order valence-electron chi connectivity index (χ0n) is 12.0. The molecule has 2 nitrogen and oxygen atoms in total. The highest BCUT2D eigenvalue weighted by atomic mass is 16.5.